The summed E-state index contributed by atoms with van der Waals surface area (Å²) < 4.78 is 12.3. The molecular weight excluding hydrogens is 844 g/mol. The fraction of sp³-hybridized carbons (Fsp3) is 0.238. The van der Waals surface area contributed by atoms with E-state index in [1.54, 1.807) is 0 Å². The van der Waals surface area contributed by atoms with Crippen LogP contribution in [0, 0.1) is 0 Å². The molecule has 0 atom stereocenters. The standard InChI is InChI=1S/C63H53BN2OS/c1-60(2,3)34-22-24-35(25-23-34)66-48-30-39-36-16-11-14-20-50(36)67-51(39)31-42(48)55-54-38-18-10-13-19-43(38)63(8,9)57(54)56-41-28-44-45(62(6,7)27-26-61(44,4)5)32-47(41)65-49-33-53-40(37-17-12-15-21-52(37)68-53)29-46(49)64(66)58(55)59(56)65/h10-25,28-33H,26-27H2,1-9H3. The predicted molar refractivity (Wildman–Crippen MR) is 292 cm³/mol. The van der Waals surface area contributed by atoms with Crippen LogP contribution in [0.4, 0.5) is 11.4 Å². The summed E-state index contributed by atoms with van der Waals surface area (Å²) in [5.74, 6) is 0. The van der Waals surface area contributed by atoms with E-state index in [4.69, 9.17) is 4.42 Å². The summed E-state index contributed by atoms with van der Waals surface area (Å²) in [6.07, 6.45) is 2.34. The summed E-state index contributed by atoms with van der Waals surface area (Å²) in [6.45, 7) is 21.7. The number of furan rings is 1. The average molecular weight is 897 g/mol. The van der Waals surface area contributed by atoms with Crippen molar-refractivity contribution in [1.29, 1.82) is 0 Å². The zero-order chi connectivity index (χ0) is 46.1. The number of thiophene rings is 1. The van der Waals surface area contributed by atoms with E-state index >= 15 is 0 Å². The Morgan fingerprint density at radius 3 is 2.06 bits per heavy atom. The van der Waals surface area contributed by atoms with Crippen molar-refractivity contribution < 1.29 is 4.42 Å². The normalized spacial score (nSPS) is 17.1. The van der Waals surface area contributed by atoms with Crippen LogP contribution in [0.1, 0.15) is 103 Å². The van der Waals surface area contributed by atoms with E-state index in [9.17, 15) is 0 Å². The highest BCUT2D eigenvalue weighted by atomic mass is 32.1. The minimum Gasteiger partial charge on any atom is -0.456 e. The molecule has 68 heavy (non-hydrogen) atoms. The van der Waals surface area contributed by atoms with Crippen molar-refractivity contribution in [2.45, 2.75) is 96.8 Å². The highest BCUT2D eigenvalue weighted by Crippen LogP contribution is 2.60. The Balaban J connectivity index is 1.21. The number of hydrogen-bond donors (Lipinski definition) is 0. The summed E-state index contributed by atoms with van der Waals surface area (Å²) in [5.41, 5.74) is 23.4. The van der Waals surface area contributed by atoms with Gasteiger partial charge in [-0.25, -0.2) is 0 Å². The first-order valence-corrected chi connectivity index (χ1v) is 25.6. The Hall–Kier alpha value is -6.56. The van der Waals surface area contributed by atoms with Gasteiger partial charge in [0.25, 0.3) is 0 Å². The van der Waals surface area contributed by atoms with Gasteiger partial charge < -0.3 is 13.8 Å². The largest absolute Gasteiger partial charge is 0.456 e. The summed E-state index contributed by atoms with van der Waals surface area (Å²) in [5, 5.41) is 7.76. The monoisotopic (exact) mass is 896 g/mol. The van der Waals surface area contributed by atoms with E-state index in [0.717, 1.165) is 21.9 Å². The number of hydrogen-bond acceptors (Lipinski definition) is 3. The summed E-state index contributed by atoms with van der Waals surface area (Å²) >= 11 is 1.93. The topological polar surface area (TPSA) is 21.3 Å². The van der Waals surface area contributed by atoms with Gasteiger partial charge in [0.2, 0.25) is 0 Å². The molecule has 0 amide bonds. The molecule has 0 spiro atoms. The summed E-state index contributed by atoms with van der Waals surface area (Å²) in [7, 11) is 0. The number of aromatic nitrogens is 1. The molecule has 11 aromatic rings. The van der Waals surface area contributed by atoms with Crippen molar-refractivity contribution in [2.75, 3.05) is 4.81 Å². The zero-order valence-corrected chi connectivity index (χ0v) is 41.2. The second-order valence-electron chi connectivity index (χ2n) is 23.5. The second kappa shape index (κ2) is 12.6. The Bertz CT molecular complexity index is 4110. The van der Waals surface area contributed by atoms with Crippen molar-refractivity contribution >= 4 is 104 Å². The second-order valence-corrected chi connectivity index (χ2v) is 24.6. The van der Waals surface area contributed by atoms with E-state index in [-0.39, 0.29) is 28.5 Å². The molecule has 8 aromatic carbocycles. The Kier molecular flexibility index (Phi) is 7.28. The average Bonchev–Trinajstić information content (AvgIpc) is 4.04. The maximum Gasteiger partial charge on any atom is 0.333 e. The maximum absolute atomic E-state index is 6.87. The number of anilines is 2. The van der Waals surface area contributed by atoms with E-state index in [2.05, 4.69) is 205 Å². The molecule has 0 fully saturated rings. The quantitative estimate of drug-likeness (QED) is 0.153. The van der Waals surface area contributed by atoms with Crippen LogP contribution in [0.5, 0.6) is 0 Å². The highest BCUT2D eigenvalue weighted by Gasteiger charge is 2.51. The molecule has 0 N–H and O–H groups in total. The molecule has 0 bridgehead atoms. The summed E-state index contributed by atoms with van der Waals surface area (Å²) in [6, 6.07) is 51.9. The molecule has 0 saturated heterocycles. The third kappa shape index (κ3) is 4.81. The van der Waals surface area contributed by atoms with Crippen molar-refractivity contribution in [1.82, 2.24) is 4.57 Å². The van der Waals surface area contributed by atoms with Gasteiger partial charge in [-0.3, -0.25) is 0 Å². The number of benzene rings is 8. The van der Waals surface area contributed by atoms with Crippen molar-refractivity contribution in [2.24, 2.45) is 0 Å². The molecule has 3 aromatic heterocycles. The molecule has 2 aliphatic carbocycles. The number of para-hydroxylation sites is 1. The van der Waals surface area contributed by atoms with Crippen LogP contribution in [-0.4, -0.2) is 11.4 Å². The zero-order valence-electron chi connectivity index (χ0n) is 40.4. The first kappa shape index (κ1) is 39.4. The highest BCUT2D eigenvalue weighted by molar-refractivity contribution is 7.26. The minimum absolute atomic E-state index is 0.0198. The predicted octanol–water partition coefficient (Wildman–Crippen LogP) is 16.2. The number of nitrogens with zero attached hydrogens (tertiary/aromatic N) is 2. The fourth-order valence-corrected chi connectivity index (χ4v) is 14.9. The molecule has 330 valence electrons. The lowest BCUT2D eigenvalue weighted by atomic mass is 9.43. The lowest BCUT2D eigenvalue weighted by molar-refractivity contribution is 0.332. The fourth-order valence-electron chi connectivity index (χ4n) is 13.8. The van der Waals surface area contributed by atoms with Crippen molar-refractivity contribution in [3.05, 3.63) is 161 Å². The van der Waals surface area contributed by atoms with Crippen molar-refractivity contribution in [3.63, 3.8) is 0 Å². The lowest BCUT2D eigenvalue weighted by Crippen LogP contribution is -2.60. The Labute approximate surface area is 402 Å². The molecule has 5 heterocycles. The van der Waals surface area contributed by atoms with Gasteiger partial charge in [-0.15, -0.1) is 11.3 Å². The smallest absolute Gasteiger partial charge is 0.333 e. The molecule has 0 saturated carbocycles. The Morgan fingerprint density at radius 1 is 0.574 bits per heavy atom. The summed E-state index contributed by atoms with van der Waals surface area (Å²) in [4.78, 5) is 2.72. The van der Waals surface area contributed by atoms with Crippen LogP contribution in [0.2, 0.25) is 0 Å². The van der Waals surface area contributed by atoms with Gasteiger partial charge >= 0.3 is 6.85 Å². The van der Waals surface area contributed by atoms with Crippen LogP contribution < -0.4 is 15.7 Å². The maximum atomic E-state index is 6.87. The number of fused-ring (bicyclic) bond motifs is 20. The molecule has 0 radical (unpaired) electrons. The van der Waals surface area contributed by atoms with Gasteiger partial charge in [0.15, 0.2) is 0 Å². The van der Waals surface area contributed by atoms with Gasteiger partial charge in [0, 0.05) is 69.8 Å². The molecule has 4 aliphatic rings. The van der Waals surface area contributed by atoms with Gasteiger partial charge in [0.05, 0.1) is 11.0 Å². The molecule has 15 rings (SSSR count). The number of rotatable bonds is 1. The first-order chi connectivity index (χ1) is 32.6. The first-order valence-electron chi connectivity index (χ1n) is 24.7. The van der Waals surface area contributed by atoms with E-state index in [1.165, 1.54) is 133 Å². The van der Waals surface area contributed by atoms with Gasteiger partial charge in [-0.05, 0) is 139 Å². The molecule has 2 aliphatic heterocycles. The Morgan fingerprint density at radius 2 is 1.28 bits per heavy atom. The molecular formula is C63H53BN2OS. The molecule has 5 heteroatoms. The van der Waals surface area contributed by atoms with Crippen LogP contribution >= 0.6 is 11.3 Å². The van der Waals surface area contributed by atoms with E-state index < -0.39 is 0 Å². The SMILES string of the molecule is CC(C)(C)c1ccc(N2B3c4cc5c(cc4-n4c6cc7c(cc6c6c8c(c(c3c64)-c3cc4oc6ccccc6c4cc32)-c2ccccc2C8(C)C)C(C)(C)CCC7(C)C)sc2ccccc25)cc1. The van der Waals surface area contributed by atoms with Crippen LogP contribution in [0.15, 0.2) is 138 Å². The van der Waals surface area contributed by atoms with Crippen molar-refractivity contribution in [3.8, 4) is 27.9 Å². The third-order valence-corrected chi connectivity index (χ3v) is 18.5. The molecule has 0 unspecified atom stereocenters. The van der Waals surface area contributed by atoms with Crippen LogP contribution in [-0.2, 0) is 21.7 Å². The van der Waals surface area contributed by atoms with E-state index in [1.807, 2.05) is 11.3 Å². The van der Waals surface area contributed by atoms with Crippen LogP contribution in [0.3, 0.4) is 0 Å². The van der Waals surface area contributed by atoms with Gasteiger partial charge in [-0.1, -0.05) is 141 Å². The van der Waals surface area contributed by atoms with Gasteiger partial charge in [0.1, 0.15) is 11.2 Å². The van der Waals surface area contributed by atoms with Crippen LogP contribution in [0.25, 0.3) is 91.9 Å². The minimum atomic E-state index is -0.264. The van der Waals surface area contributed by atoms with E-state index in [0.29, 0.717) is 0 Å². The lowest BCUT2D eigenvalue weighted by Gasteiger charge is -2.43. The van der Waals surface area contributed by atoms with Gasteiger partial charge in [-0.2, -0.15) is 0 Å². The third-order valence-electron chi connectivity index (χ3n) is 17.3. The molecule has 3 nitrogen and oxygen atoms in total.